The number of aromatic nitrogens is 5. The maximum absolute atomic E-state index is 9.61. The highest BCUT2D eigenvalue weighted by Crippen LogP contribution is 2.33. The molecule has 0 amide bonds. The van der Waals surface area contributed by atoms with Crippen LogP contribution in [0.5, 0.6) is 11.9 Å². The number of nitrogens with one attached hydrogen (secondary N) is 1. The van der Waals surface area contributed by atoms with Gasteiger partial charge >= 0.3 is 0 Å². The Morgan fingerprint density at radius 2 is 1.63 bits per heavy atom. The number of hydrogen-bond donors (Lipinski definition) is 2. The molecule has 9 nitrogen and oxygen atoms in total. The van der Waals surface area contributed by atoms with Gasteiger partial charge in [0.15, 0.2) is 17.6 Å². The first-order valence-corrected chi connectivity index (χ1v) is 12.7. The summed E-state index contributed by atoms with van der Waals surface area (Å²) < 4.78 is 17.6. The Hall–Kier alpha value is -4.05. The number of imidazole rings is 1. The fourth-order valence-electron chi connectivity index (χ4n) is 4.95. The van der Waals surface area contributed by atoms with Crippen LogP contribution < -0.4 is 4.74 Å². The summed E-state index contributed by atoms with van der Waals surface area (Å²) in [4.78, 5) is 20.7. The van der Waals surface area contributed by atoms with Crippen molar-refractivity contribution >= 4 is 22.8 Å². The van der Waals surface area contributed by atoms with Crippen LogP contribution in [-0.4, -0.2) is 61.6 Å². The molecule has 0 radical (unpaired) electrons. The van der Waals surface area contributed by atoms with E-state index in [2.05, 4.69) is 19.9 Å². The first-order chi connectivity index (χ1) is 18.6. The second kappa shape index (κ2) is 9.36. The van der Waals surface area contributed by atoms with Crippen molar-refractivity contribution < 1.29 is 19.3 Å². The lowest BCUT2D eigenvalue weighted by molar-refractivity contribution is 0.0273. The molecular weight excluding hydrogens is 506 g/mol. The molecule has 190 valence electrons. The largest absolute Gasteiger partial charge is 0.493 e. The summed E-state index contributed by atoms with van der Waals surface area (Å²) in [6.45, 7) is 1.17. The van der Waals surface area contributed by atoms with Crippen molar-refractivity contribution in [3.05, 3.63) is 71.9 Å². The minimum absolute atomic E-state index is 0.0565. The summed E-state index contributed by atoms with van der Waals surface area (Å²) in [7, 11) is 0. The molecule has 0 saturated carbocycles. The zero-order valence-electron chi connectivity index (χ0n) is 20.0. The van der Waals surface area contributed by atoms with Crippen LogP contribution in [0.4, 0.5) is 0 Å². The van der Waals surface area contributed by atoms with Gasteiger partial charge in [0.1, 0.15) is 6.10 Å². The fourth-order valence-corrected chi connectivity index (χ4v) is 5.21. The van der Waals surface area contributed by atoms with Crippen LogP contribution in [0.2, 0.25) is 5.02 Å². The van der Waals surface area contributed by atoms with Crippen LogP contribution in [0, 0.1) is 0 Å². The number of nitrogens with zero attached hydrogens (tertiary/aromatic N) is 4. The van der Waals surface area contributed by atoms with E-state index in [0.29, 0.717) is 46.9 Å². The molecule has 1 unspecified atom stereocenters. The van der Waals surface area contributed by atoms with Gasteiger partial charge in [0.25, 0.3) is 6.01 Å². The van der Waals surface area contributed by atoms with Gasteiger partial charge in [0, 0.05) is 30.0 Å². The molecule has 2 saturated heterocycles. The van der Waals surface area contributed by atoms with Crippen molar-refractivity contribution in [2.75, 3.05) is 13.2 Å². The molecule has 2 N–H and O–H groups in total. The van der Waals surface area contributed by atoms with Gasteiger partial charge in [0.05, 0.1) is 28.9 Å². The topological polar surface area (TPSA) is 115 Å². The van der Waals surface area contributed by atoms with Gasteiger partial charge in [-0.15, -0.1) is 0 Å². The first-order valence-electron chi connectivity index (χ1n) is 12.3. The number of aromatic hydroxyl groups is 1. The van der Waals surface area contributed by atoms with E-state index in [1.165, 1.54) is 12.3 Å². The molecule has 0 bridgehead atoms. The van der Waals surface area contributed by atoms with E-state index in [1.54, 1.807) is 0 Å². The molecule has 2 aliphatic heterocycles. The molecule has 0 aliphatic carbocycles. The number of H-pyrrole nitrogens is 1. The molecule has 3 aromatic heterocycles. The third-order valence-electron chi connectivity index (χ3n) is 6.86. The lowest BCUT2D eigenvalue weighted by Crippen LogP contribution is -2.32. The van der Waals surface area contributed by atoms with Crippen molar-refractivity contribution in [3.8, 4) is 45.7 Å². The van der Waals surface area contributed by atoms with E-state index < -0.39 is 0 Å². The van der Waals surface area contributed by atoms with Crippen molar-refractivity contribution in [1.82, 2.24) is 24.9 Å². The van der Waals surface area contributed by atoms with Crippen LogP contribution in [0.1, 0.15) is 6.42 Å². The van der Waals surface area contributed by atoms with Gasteiger partial charge in [-0.25, -0.2) is 9.97 Å². The highest BCUT2D eigenvalue weighted by molar-refractivity contribution is 6.33. The number of fused-ring (bicyclic) bond motifs is 2. The summed E-state index contributed by atoms with van der Waals surface area (Å²) in [5.41, 5.74) is 5.64. The standard InChI is InChI=1S/C28H22ClN5O4/c29-19-13-20-27(34-28(31-20)38-22-14-37-21-10-12-36-25(21)22)33-24(19)17-5-1-15(2-6-17)16-3-7-18(8-4-16)26-30-11-9-23(35)32-26/h1-9,11,13,21-22,25H,10,12,14H2,(H,30,32,35)(H,31,33,34)/t21-,22?,25+/m1/s1. The number of benzene rings is 2. The van der Waals surface area contributed by atoms with Gasteiger partial charge in [-0.1, -0.05) is 60.1 Å². The monoisotopic (exact) mass is 527 g/mol. The molecule has 3 atom stereocenters. The van der Waals surface area contributed by atoms with Crippen LogP contribution in [0.25, 0.3) is 44.9 Å². The maximum atomic E-state index is 9.61. The van der Waals surface area contributed by atoms with E-state index >= 15 is 0 Å². The minimum atomic E-state index is -0.202. The predicted molar refractivity (Wildman–Crippen MR) is 141 cm³/mol. The second-order valence-electron chi connectivity index (χ2n) is 9.28. The predicted octanol–water partition coefficient (Wildman–Crippen LogP) is 5.04. The van der Waals surface area contributed by atoms with Crippen molar-refractivity contribution in [2.24, 2.45) is 0 Å². The Kier molecular flexibility index (Phi) is 5.69. The molecule has 2 fully saturated rings. The summed E-state index contributed by atoms with van der Waals surface area (Å²) in [5, 5.41) is 10.1. The quantitative estimate of drug-likeness (QED) is 0.326. The Morgan fingerprint density at radius 3 is 2.39 bits per heavy atom. The van der Waals surface area contributed by atoms with Crippen LogP contribution in [0.3, 0.4) is 0 Å². The lowest BCUT2D eigenvalue weighted by atomic mass is 10.0. The van der Waals surface area contributed by atoms with Gasteiger partial charge in [-0.2, -0.15) is 9.97 Å². The third kappa shape index (κ3) is 4.24. The number of halogens is 1. The Bertz CT molecular complexity index is 1620. The fraction of sp³-hybridized carbons (Fsp3) is 0.214. The van der Waals surface area contributed by atoms with E-state index in [-0.39, 0.29) is 24.2 Å². The number of rotatable bonds is 5. The van der Waals surface area contributed by atoms with Crippen LogP contribution >= 0.6 is 11.6 Å². The lowest BCUT2D eigenvalue weighted by Gasteiger charge is -2.15. The number of hydrogen-bond acceptors (Lipinski definition) is 8. The summed E-state index contributed by atoms with van der Waals surface area (Å²) >= 11 is 6.61. The molecule has 5 aromatic rings. The van der Waals surface area contributed by atoms with Crippen LogP contribution in [0.15, 0.2) is 66.9 Å². The normalized spacial score (nSPS) is 20.6. The smallest absolute Gasteiger partial charge is 0.296 e. The van der Waals surface area contributed by atoms with E-state index in [9.17, 15) is 5.11 Å². The van der Waals surface area contributed by atoms with Gasteiger partial charge in [-0.3, -0.25) is 0 Å². The molecule has 0 spiro atoms. The highest BCUT2D eigenvalue weighted by Gasteiger charge is 2.43. The summed E-state index contributed by atoms with van der Waals surface area (Å²) in [6, 6.07) is 19.5. The molecule has 7 rings (SSSR count). The number of aromatic amines is 1. The highest BCUT2D eigenvalue weighted by atomic mass is 35.5. The van der Waals surface area contributed by atoms with Crippen molar-refractivity contribution in [3.63, 3.8) is 0 Å². The minimum Gasteiger partial charge on any atom is -0.493 e. The molecule has 2 aliphatic rings. The Balaban J connectivity index is 1.11. The third-order valence-corrected chi connectivity index (χ3v) is 7.15. The van der Waals surface area contributed by atoms with Crippen LogP contribution in [-0.2, 0) is 9.47 Å². The van der Waals surface area contributed by atoms with E-state index in [0.717, 1.165) is 28.7 Å². The maximum Gasteiger partial charge on any atom is 0.296 e. The van der Waals surface area contributed by atoms with Gasteiger partial charge < -0.3 is 24.3 Å². The molecule has 2 aromatic carbocycles. The average molecular weight is 528 g/mol. The van der Waals surface area contributed by atoms with Gasteiger partial charge in [-0.05, 0) is 23.6 Å². The zero-order valence-corrected chi connectivity index (χ0v) is 20.8. The Morgan fingerprint density at radius 1 is 0.895 bits per heavy atom. The van der Waals surface area contributed by atoms with Crippen molar-refractivity contribution in [1.29, 1.82) is 0 Å². The molecule has 5 heterocycles. The average Bonchev–Trinajstić information content (AvgIpc) is 3.66. The zero-order chi connectivity index (χ0) is 25.6. The van der Waals surface area contributed by atoms with E-state index in [4.69, 9.17) is 30.8 Å². The molecule has 38 heavy (non-hydrogen) atoms. The molecule has 10 heteroatoms. The molecular formula is C28H22ClN5O4. The first kappa shape index (κ1) is 23.1. The SMILES string of the molecule is Oc1ccnc(-c2ccc(-c3ccc(-c4nc5nc(OC6CO[C@@H]7CCO[C@H]67)[nH]c5cc4Cl)cc3)cc2)n1. The summed E-state index contributed by atoms with van der Waals surface area (Å²) in [6.07, 6.45) is 2.25. The summed E-state index contributed by atoms with van der Waals surface area (Å²) in [5.74, 6) is 0.418. The Labute approximate surface area is 222 Å². The number of ether oxygens (including phenoxy) is 3. The second-order valence-corrected chi connectivity index (χ2v) is 9.68. The van der Waals surface area contributed by atoms with Gasteiger partial charge in [0.2, 0.25) is 5.88 Å². The van der Waals surface area contributed by atoms with Crippen molar-refractivity contribution in [2.45, 2.75) is 24.7 Å². The number of pyridine rings is 1. The van der Waals surface area contributed by atoms with E-state index in [1.807, 2.05) is 54.6 Å².